The van der Waals surface area contributed by atoms with Gasteiger partial charge in [-0.05, 0) is 25.7 Å². The lowest BCUT2D eigenvalue weighted by atomic mass is 10.2. The summed E-state index contributed by atoms with van der Waals surface area (Å²) in [6, 6.07) is 0.446. The monoisotopic (exact) mass is 226 g/mol. The molecule has 82 valence electrons. The van der Waals surface area contributed by atoms with Crippen LogP contribution in [0.2, 0.25) is 0 Å². The number of anilines is 1. The second-order valence-electron chi connectivity index (χ2n) is 3.79. The first-order valence-electron chi connectivity index (χ1n) is 5.01. The van der Waals surface area contributed by atoms with E-state index in [1.54, 1.807) is 6.20 Å². The van der Waals surface area contributed by atoms with Crippen molar-refractivity contribution in [1.82, 2.24) is 4.98 Å². The molecule has 1 aromatic heterocycles. The van der Waals surface area contributed by atoms with Crippen LogP contribution < -0.4 is 5.32 Å². The summed E-state index contributed by atoms with van der Waals surface area (Å²) in [7, 11) is 1.38. The van der Waals surface area contributed by atoms with Gasteiger partial charge in [0.1, 0.15) is 4.88 Å². The third kappa shape index (κ3) is 2.47. The van der Waals surface area contributed by atoms with Gasteiger partial charge in [-0.1, -0.05) is 11.3 Å². The Balaban J connectivity index is 1.97. The zero-order chi connectivity index (χ0) is 10.8. The molecule has 0 radical (unpaired) electrons. The van der Waals surface area contributed by atoms with Gasteiger partial charge in [-0.15, -0.1) is 0 Å². The molecule has 1 heterocycles. The van der Waals surface area contributed by atoms with Gasteiger partial charge in [0.05, 0.1) is 13.3 Å². The summed E-state index contributed by atoms with van der Waals surface area (Å²) in [4.78, 5) is 15.9. The first-order valence-corrected chi connectivity index (χ1v) is 5.83. The van der Waals surface area contributed by atoms with E-state index < -0.39 is 0 Å². The van der Waals surface area contributed by atoms with Crippen LogP contribution in [0.25, 0.3) is 0 Å². The number of rotatable bonds is 4. The number of methoxy groups -OCH3 is 1. The molecule has 0 spiro atoms. The second kappa shape index (κ2) is 4.18. The Labute approximate surface area is 92.7 Å². The van der Waals surface area contributed by atoms with Gasteiger partial charge in [-0.2, -0.15) is 0 Å². The van der Waals surface area contributed by atoms with E-state index in [-0.39, 0.29) is 5.97 Å². The van der Waals surface area contributed by atoms with Gasteiger partial charge in [-0.3, -0.25) is 0 Å². The predicted molar refractivity (Wildman–Crippen MR) is 59.3 cm³/mol. The van der Waals surface area contributed by atoms with Gasteiger partial charge in [-0.25, -0.2) is 9.78 Å². The summed E-state index contributed by atoms with van der Waals surface area (Å²) in [6.45, 7) is 2.15. The molecule has 1 atom stereocenters. The van der Waals surface area contributed by atoms with Gasteiger partial charge < -0.3 is 10.1 Å². The van der Waals surface area contributed by atoms with E-state index in [9.17, 15) is 4.79 Å². The van der Waals surface area contributed by atoms with Crippen LogP contribution in [0.3, 0.4) is 0 Å². The van der Waals surface area contributed by atoms with Gasteiger partial charge in [0.25, 0.3) is 0 Å². The van der Waals surface area contributed by atoms with Crippen molar-refractivity contribution in [2.75, 3.05) is 12.4 Å². The molecule has 0 bridgehead atoms. The molecule has 2 rings (SSSR count). The summed E-state index contributed by atoms with van der Waals surface area (Å²) in [6.07, 6.45) is 4.14. The number of hydrogen-bond acceptors (Lipinski definition) is 5. The van der Waals surface area contributed by atoms with Gasteiger partial charge in [0.2, 0.25) is 0 Å². The maximum Gasteiger partial charge on any atom is 0.349 e. The van der Waals surface area contributed by atoms with E-state index in [1.165, 1.54) is 31.3 Å². The number of carbonyl (C=O) groups excluding carboxylic acids is 1. The smallest absolute Gasteiger partial charge is 0.349 e. The minimum atomic E-state index is -0.320. The average Bonchev–Trinajstić information content (AvgIpc) is 2.99. The number of thiazole rings is 1. The van der Waals surface area contributed by atoms with Gasteiger partial charge in [0, 0.05) is 6.04 Å². The van der Waals surface area contributed by atoms with Crippen molar-refractivity contribution >= 4 is 22.4 Å². The Morgan fingerprint density at radius 1 is 1.73 bits per heavy atom. The average molecular weight is 226 g/mol. The molecule has 0 aromatic carbocycles. The molecule has 1 saturated carbocycles. The van der Waals surface area contributed by atoms with E-state index in [4.69, 9.17) is 0 Å². The van der Waals surface area contributed by atoms with E-state index in [2.05, 4.69) is 22.0 Å². The number of esters is 1. The largest absolute Gasteiger partial charge is 0.465 e. The number of hydrogen-bond donors (Lipinski definition) is 1. The van der Waals surface area contributed by atoms with E-state index in [1.807, 2.05) is 0 Å². The fourth-order valence-corrected chi connectivity index (χ4v) is 2.28. The molecule has 1 fully saturated rings. The summed E-state index contributed by atoms with van der Waals surface area (Å²) < 4.78 is 4.62. The Bertz CT molecular complexity index is 360. The molecule has 1 unspecified atom stereocenters. The lowest BCUT2D eigenvalue weighted by molar-refractivity contribution is 0.0606. The van der Waals surface area contributed by atoms with Crippen molar-refractivity contribution in [2.45, 2.75) is 25.8 Å². The van der Waals surface area contributed by atoms with Gasteiger partial charge in [0.15, 0.2) is 5.13 Å². The zero-order valence-corrected chi connectivity index (χ0v) is 9.63. The fourth-order valence-electron chi connectivity index (χ4n) is 1.44. The van der Waals surface area contributed by atoms with Crippen molar-refractivity contribution in [3.8, 4) is 0 Å². The van der Waals surface area contributed by atoms with Crippen molar-refractivity contribution < 1.29 is 9.53 Å². The molecule has 0 saturated heterocycles. The highest BCUT2D eigenvalue weighted by molar-refractivity contribution is 7.17. The lowest BCUT2D eigenvalue weighted by Gasteiger charge is -2.10. The minimum absolute atomic E-state index is 0.320. The highest BCUT2D eigenvalue weighted by Crippen LogP contribution is 2.34. The second-order valence-corrected chi connectivity index (χ2v) is 4.82. The molecule has 1 aliphatic carbocycles. The molecule has 1 aromatic rings. The number of ether oxygens (including phenoxy) is 1. The van der Waals surface area contributed by atoms with Crippen LogP contribution in [-0.2, 0) is 4.74 Å². The van der Waals surface area contributed by atoms with Crippen LogP contribution in [0.4, 0.5) is 5.13 Å². The van der Waals surface area contributed by atoms with Crippen molar-refractivity contribution in [3.63, 3.8) is 0 Å². The first-order chi connectivity index (χ1) is 7.20. The molecular formula is C10H14N2O2S. The van der Waals surface area contributed by atoms with Crippen LogP contribution >= 0.6 is 11.3 Å². The zero-order valence-electron chi connectivity index (χ0n) is 8.82. The van der Waals surface area contributed by atoms with Crippen molar-refractivity contribution in [3.05, 3.63) is 11.1 Å². The molecule has 0 amide bonds. The summed E-state index contributed by atoms with van der Waals surface area (Å²) in [5.41, 5.74) is 0. The summed E-state index contributed by atoms with van der Waals surface area (Å²) in [5, 5.41) is 4.10. The fraction of sp³-hybridized carbons (Fsp3) is 0.600. The Morgan fingerprint density at radius 2 is 2.47 bits per heavy atom. The standard InChI is InChI=1S/C10H14N2O2S/c1-6(7-3-4-7)12-10-11-5-8(15-10)9(13)14-2/h5-7H,3-4H2,1-2H3,(H,11,12). The van der Waals surface area contributed by atoms with Gasteiger partial charge >= 0.3 is 5.97 Å². The maximum atomic E-state index is 11.2. The molecule has 5 heteroatoms. The van der Waals surface area contributed by atoms with Crippen LogP contribution in [-0.4, -0.2) is 24.1 Å². The van der Waals surface area contributed by atoms with E-state index in [0.717, 1.165) is 11.0 Å². The van der Waals surface area contributed by atoms with Crippen LogP contribution in [0.1, 0.15) is 29.4 Å². The highest BCUT2D eigenvalue weighted by atomic mass is 32.1. The predicted octanol–water partition coefficient (Wildman–Crippen LogP) is 2.14. The molecule has 0 aliphatic heterocycles. The van der Waals surface area contributed by atoms with Crippen LogP contribution in [0.5, 0.6) is 0 Å². The molecular weight excluding hydrogens is 212 g/mol. The first kappa shape index (κ1) is 10.4. The van der Waals surface area contributed by atoms with Crippen molar-refractivity contribution in [2.24, 2.45) is 5.92 Å². The number of aromatic nitrogens is 1. The van der Waals surface area contributed by atoms with Crippen LogP contribution in [0.15, 0.2) is 6.20 Å². The molecule has 1 N–H and O–H groups in total. The highest BCUT2D eigenvalue weighted by Gasteiger charge is 2.28. The molecule has 1 aliphatic rings. The van der Waals surface area contributed by atoms with E-state index >= 15 is 0 Å². The Hall–Kier alpha value is -1.10. The number of nitrogens with one attached hydrogen (secondary N) is 1. The normalized spacial score (nSPS) is 17.2. The maximum absolute atomic E-state index is 11.2. The number of nitrogens with zero attached hydrogens (tertiary/aromatic N) is 1. The SMILES string of the molecule is COC(=O)c1cnc(NC(C)C2CC2)s1. The molecule has 15 heavy (non-hydrogen) atoms. The lowest BCUT2D eigenvalue weighted by Crippen LogP contribution is -2.16. The minimum Gasteiger partial charge on any atom is -0.465 e. The Morgan fingerprint density at radius 3 is 3.07 bits per heavy atom. The Kier molecular flexibility index (Phi) is 2.90. The third-order valence-electron chi connectivity index (χ3n) is 2.57. The third-order valence-corrected chi connectivity index (χ3v) is 3.48. The van der Waals surface area contributed by atoms with E-state index in [0.29, 0.717) is 10.9 Å². The van der Waals surface area contributed by atoms with Crippen molar-refractivity contribution in [1.29, 1.82) is 0 Å². The van der Waals surface area contributed by atoms with Crippen LogP contribution in [0, 0.1) is 5.92 Å². The summed E-state index contributed by atoms with van der Waals surface area (Å²) >= 11 is 1.34. The number of carbonyl (C=O) groups is 1. The molecule has 4 nitrogen and oxygen atoms in total. The summed E-state index contributed by atoms with van der Waals surface area (Å²) in [5.74, 6) is 0.454. The quantitative estimate of drug-likeness (QED) is 0.799. The topological polar surface area (TPSA) is 51.2 Å².